The van der Waals surface area contributed by atoms with Gasteiger partial charge in [-0.1, -0.05) is 42.5 Å². The Labute approximate surface area is 191 Å². The number of nitrogens with zero attached hydrogens (tertiary/aromatic N) is 2. The van der Waals surface area contributed by atoms with E-state index in [2.05, 4.69) is 10.4 Å². The van der Waals surface area contributed by atoms with Crippen LogP contribution in [0.25, 0.3) is 5.69 Å². The monoisotopic (exact) mass is 437 g/mol. The molecule has 0 aliphatic carbocycles. The number of hydrogen-bond acceptors (Lipinski definition) is 4. The Bertz CT molecular complexity index is 1270. The summed E-state index contributed by atoms with van der Waals surface area (Å²) in [5.74, 6) is -0.503. The van der Waals surface area contributed by atoms with Crippen LogP contribution >= 0.6 is 0 Å². The molecule has 1 aliphatic heterocycles. The number of fused-ring (bicyclic) bond motifs is 1. The minimum Gasteiger partial charge on any atom is -0.454 e. The van der Waals surface area contributed by atoms with E-state index in [0.29, 0.717) is 24.1 Å². The minimum atomic E-state index is -0.351. The quantitative estimate of drug-likeness (QED) is 0.457. The summed E-state index contributed by atoms with van der Waals surface area (Å²) in [7, 11) is 0. The molecule has 1 aliphatic rings. The van der Waals surface area contributed by atoms with Gasteiger partial charge >= 0.3 is 5.97 Å². The highest BCUT2D eigenvalue weighted by atomic mass is 16.5. The molecule has 0 bridgehead atoms. The lowest BCUT2D eigenvalue weighted by Gasteiger charge is -2.25. The first-order valence-corrected chi connectivity index (χ1v) is 10.9. The normalized spacial score (nSPS) is 14.9. The standard InChI is InChI=1S/C27H23N3O3/c31-26(28-15-13-19-7-10-23(11-8-19)30-16-4-14-29-30)21-9-12-24-22(17-21)18-25(33-27(24)32)20-5-2-1-3-6-20/h1-12,14,16-17,25H,13,15,18H2,(H,28,31). The van der Waals surface area contributed by atoms with Crippen molar-refractivity contribution < 1.29 is 14.3 Å². The highest BCUT2D eigenvalue weighted by Crippen LogP contribution is 2.31. The summed E-state index contributed by atoms with van der Waals surface area (Å²) < 4.78 is 7.41. The molecule has 1 aromatic heterocycles. The Balaban J connectivity index is 1.21. The fourth-order valence-electron chi connectivity index (χ4n) is 4.05. The predicted octanol–water partition coefficient (Wildman–Crippen LogP) is 4.30. The van der Waals surface area contributed by atoms with Crippen molar-refractivity contribution in [1.29, 1.82) is 0 Å². The zero-order valence-corrected chi connectivity index (χ0v) is 18.0. The van der Waals surface area contributed by atoms with Gasteiger partial charge in [-0.25, -0.2) is 9.48 Å². The van der Waals surface area contributed by atoms with Crippen LogP contribution in [0.2, 0.25) is 0 Å². The summed E-state index contributed by atoms with van der Waals surface area (Å²) >= 11 is 0. The maximum atomic E-state index is 12.7. The molecule has 33 heavy (non-hydrogen) atoms. The number of aromatic nitrogens is 2. The van der Waals surface area contributed by atoms with Gasteiger partial charge in [-0.05, 0) is 59.5 Å². The van der Waals surface area contributed by atoms with E-state index in [-0.39, 0.29) is 18.0 Å². The number of benzene rings is 3. The van der Waals surface area contributed by atoms with E-state index in [1.165, 1.54) is 0 Å². The van der Waals surface area contributed by atoms with Gasteiger partial charge < -0.3 is 10.1 Å². The van der Waals surface area contributed by atoms with Gasteiger partial charge in [0.2, 0.25) is 0 Å². The van der Waals surface area contributed by atoms with Gasteiger partial charge in [0.25, 0.3) is 5.91 Å². The smallest absolute Gasteiger partial charge is 0.339 e. The van der Waals surface area contributed by atoms with E-state index in [1.807, 2.05) is 66.9 Å². The summed E-state index contributed by atoms with van der Waals surface area (Å²) in [6.45, 7) is 0.520. The largest absolute Gasteiger partial charge is 0.454 e. The van der Waals surface area contributed by atoms with Crippen LogP contribution < -0.4 is 5.32 Å². The first-order chi connectivity index (χ1) is 16.2. The van der Waals surface area contributed by atoms with Crippen LogP contribution in [0.5, 0.6) is 0 Å². The van der Waals surface area contributed by atoms with E-state index in [9.17, 15) is 9.59 Å². The molecule has 0 spiro atoms. The molecule has 6 nitrogen and oxygen atoms in total. The van der Waals surface area contributed by atoms with Crippen molar-refractivity contribution in [2.45, 2.75) is 18.9 Å². The molecule has 1 amide bonds. The van der Waals surface area contributed by atoms with Crippen LogP contribution in [-0.4, -0.2) is 28.2 Å². The van der Waals surface area contributed by atoms with Crippen LogP contribution in [0.3, 0.4) is 0 Å². The molecule has 1 atom stereocenters. The summed E-state index contributed by atoms with van der Waals surface area (Å²) in [6.07, 6.45) is 4.58. The van der Waals surface area contributed by atoms with Gasteiger partial charge in [-0.3, -0.25) is 4.79 Å². The van der Waals surface area contributed by atoms with Crippen molar-refractivity contribution >= 4 is 11.9 Å². The van der Waals surface area contributed by atoms with Crippen LogP contribution in [0.1, 0.15) is 43.5 Å². The van der Waals surface area contributed by atoms with E-state index in [4.69, 9.17) is 4.74 Å². The van der Waals surface area contributed by atoms with Gasteiger partial charge in [-0.15, -0.1) is 0 Å². The molecule has 3 aromatic carbocycles. The average molecular weight is 437 g/mol. The molecule has 0 radical (unpaired) electrons. The molecule has 0 saturated heterocycles. The summed E-state index contributed by atoms with van der Waals surface area (Å²) in [4.78, 5) is 25.2. The first kappa shape index (κ1) is 20.7. The SMILES string of the molecule is O=C(NCCc1ccc(-n2cccn2)cc1)c1ccc2c(c1)CC(c1ccccc1)OC2=O. The maximum Gasteiger partial charge on any atom is 0.339 e. The lowest BCUT2D eigenvalue weighted by Crippen LogP contribution is -2.27. The van der Waals surface area contributed by atoms with Gasteiger partial charge in [0, 0.05) is 30.9 Å². The Hall–Kier alpha value is -4.19. The number of amides is 1. The van der Waals surface area contributed by atoms with E-state index in [1.54, 1.807) is 29.1 Å². The fraction of sp³-hybridized carbons (Fsp3) is 0.148. The van der Waals surface area contributed by atoms with Crippen LogP contribution in [0.15, 0.2) is 91.3 Å². The number of carbonyl (C=O) groups is 2. The zero-order chi connectivity index (χ0) is 22.6. The van der Waals surface area contributed by atoms with Crippen molar-refractivity contribution in [3.05, 3.63) is 119 Å². The van der Waals surface area contributed by atoms with Crippen molar-refractivity contribution in [2.24, 2.45) is 0 Å². The second kappa shape index (κ2) is 9.12. The number of hydrogen-bond donors (Lipinski definition) is 1. The molecule has 164 valence electrons. The Morgan fingerprint density at radius 2 is 1.85 bits per heavy atom. The molecule has 6 heteroatoms. The predicted molar refractivity (Wildman–Crippen MR) is 124 cm³/mol. The highest BCUT2D eigenvalue weighted by Gasteiger charge is 2.28. The molecular weight excluding hydrogens is 414 g/mol. The van der Waals surface area contributed by atoms with Crippen molar-refractivity contribution in [2.75, 3.05) is 6.54 Å². The second-order valence-corrected chi connectivity index (χ2v) is 8.00. The van der Waals surface area contributed by atoms with E-state index < -0.39 is 0 Å². The highest BCUT2D eigenvalue weighted by molar-refractivity contribution is 5.97. The molecule has 1 unspecified atom stereocenters. The number of carbonyl (C=O) groups excluding carboxylic acids is 2. The third-order valence-electron chi connectivity index (χ3n) is 5.82. The molecule has 1 N–H and O–H groups in total. The lowest BCUT2D eigenvalue weighted by molar-refractivity contribution is 0.0252. The molecule has 5 rings (SSSR count). The number of rotatable bonds is 6. The van der Waals surface area contributed by atoms with E-state index in [0.717, 1.165) is 28.8 Å². The second-order valence-electron chi connectivity index (χ2n) is 8.00. The Morgan fingerprint density at radius 3 is 2.61 bits per heavy atom. The van der Waals surface area contributed by atoms with Crippen molar-refractivity contribution in [1.82, 2.24) is 15.1 Å². The summed E-state index contributed by atoms with van der Waals surface area (Å²) in [5.41, 5.74) is 4.98. The molecule has 0 saturated carbocycles. The molecule has 2 heterocycles. The van der Waals surface area contributed by atoms with E-state index >= 15 is 0 Å². The lowest BCUT2D eigenvalue weighted by atomic mass is 9.93. The first-order valence-electron chi connectivity index (χ1n) is 10.9. The number of esters is 1. The van der Waals surface area contributed by atoms with Crippen molar-refractivity contribution in [3.63, 3.8) is 0 Å². The van der Waals surface area contributed by atoms with Gasteiger partial charge in [0.1, 0.15) is 6.10 Å². The Kier molecular flexibility index (Phi) is 5.72. The van der Waals surface area contributed by atoms with Gasteiger partial charge in [-0.2, -0.15) is 5.10 Å². The van der Waals surface area contributed by atoms with Gasteiger partial charge in [0.15, 0.2) is 0 Å². The van der Waals surface area contributed by atoms with Crippen molar-refractivity contribution in [3.8, 4) is 5.69 Å². The number of cyclic esters (lactones) is 1. The summed E-state index contributed by atoms with van der Waals surface area (Å²) in [6, 6.07) is 24.8. The molecular formula is C27H23N3O3. The molecule has 0 fully saturated rings. The molecule has 4 aromatic rings. The third-order valence-corrected chi connectivity index (χ3v) is 5.82. The number of nitrogens with one attached hydrogen (secondary N) is 1. The number of ether oxygens (including phenoxy) is 1. The van der Waals surface area contributed by atoms with Gasteiger partial charge in [0.05, 0.1) is 11.3 Å². The fourth-order valence-corrected chi connectivity index (χ4v) is 4.05. The topological polar surface area (TPSA) is 73.2 Å². The van der Waals surface area contributed by atoms with Crippen LogP contribution in [0.4, 0.5) is 0 Å². The summed E-state index contributed by atoms with van der Waals surface area (Å²) in [5, 5.41) is 7.20. The van der Waals surface area contributed by atoms with Crippen LogP contribution in [0, 0.1) is 0 Å². The zero-order valence-electron chi connectivity index (χ0n) is 18.0. The third kappa shape index (κ3) is 4.55. The van der Waals surface area contributed by atoms with Crippen LogP contribution in [-0.2, 0) is 17.6 Å². The minimum absolute atomic E-state index is 0.152. The Morgan fingerprint density at radius 1 is 1.03 bits per heavy atom. The average Bonchev–Trinajstić information content (AvgIpc) is 3.40. The maximum absolute atomic E-state index is 12.7.